The van der Waals surface area contributed by atoms with E-state index in [0.717, 1.165) is 11.6 Å². The highest BCUT2D eigenvalue weighted by atomic mass is 19.4. The van der Waals surface area contributed by atoms with Crippen molar-refractivity contribution in [3.8, 4) is 0 Å². The predicted molar refractivity (Wildman–Crippen MR) is 95.2 cm³/mol. The molecule has 138 valence electrons. The number of carbonyl (C=O) groups excluding carboxylic acids is 1. The lowest BCUT2D eigenvalue weighted by Crippen LogP contribution is -2.17. The first kappa shape index (κ1) is 18.4. The lowest BCUT2D eigenvalue weighted by molar-refractivity contribution is -0.136. The molecular weight excluding hydrogens is 357 g/mol. The smallest absolute Gasteiger partial charge is 0.366 e. The molecule has 0 unspecified atom stereocenters. The van der Waals surface area contributed by atoms with E-state index in [2.05, 4.69) is 20.6 Å². The Labute approximate surface area is 153 Å². The summed E-state index contributed by atoms with van der Waals surface area (Å²) in [5, 5.41) is 5.36. The van der Waals surface area contributed by atoms with E-state index >= 15 is 0 Å². The first-order chi connectivity index (χ1) is 12.9. The van der Waals surface area contributed by atoms with Gasteiger partial charge in [-0.3, -0.25) is 9.78 Å². The van der Waals surface area contributed by atoms with Crippen molar-refractivity contribution in [3.63, 3.8) is 0 Å². The fourth-order valence-corrected chi connectivity index (χ4v) is 2.36. The van der Waals surface area contributed by atoms with Gasteiger partial charge in [0, 0.05) is 25.1 Å². The van der Waals surface area contributed by atoms with Crippen LogP contribution in [0.2, 0.25) is 0 Å². The van der Waals surface area contributed by atoms with Crippen LogP contribution in [-0.4, -0.2) is 15.9 Å². The lowest BCUT2D eigenvalue weighted by atomic mass is 10.1. The lowest BCUT2D eigenvalue weighted by Gasteiger charge is -2.13. The van der Waals surface area contributed by atoms with Crippen molar-refractivity contribution in [1.29, 1.82) is 0 Å². The Kier molecular flexibility index (Phi) is 5.35. The molecule has 0 spiro atoms. The van der Waals surface area contributed by atoms with Gasteiger partial charge >= 0.3 is 6.18 Å². The average molecular weight is 372 g/mol. The first-order valence-electron chi connectivity index (χ1n) is 8.00. The maximum absolute atomic E-state index is 13.0. The third-order valence-electron chi connectivity index (χ3n) is 3.70. The van der Waals surface area contributed by atoms with Gasteiger partial charge in [-0.05, 0) is 35.9 Å². The van der Waals surface area contributed by atoms with Crippen LogP contribution in [0.4, 0.5) is 24.7 Å². The molecule has 0 fully saturated rings. The van der Waals surface area contributed by atoms with Crippen LogP contribution < -0.4 is 10.6 Å². The molecule has 1 amide bonds. The second kappa shape index (κ2) is 7.86. The van der Waals surface area contributed by atoms with Crippen LogP contribution in [0.15, 0.2) is 67.1 Å². The highest BCUT2D eigenvalue weighted by Gasteiger charge is 2.33. The Hall–Kier alpha value is -3.42. The Morgan fingerprint density at radius 3 is 2.48 bits per heavy atom. The Balaban J connectivity index is 1.66. The normalized spacial score (nSPS) is 11.1. The van der Waals surface area contributed by atoms with Gasteiger partial charge < -0.3 is 10.6 Å². The van der Waals surface area contributed by atoms with Crippen molar-refractivity contribution < 1.29 is 18.0 Å². The van der Waals surface area contributed by atoms with Gasteiger partial charge in [0.25, 0.3) is 5.91 Å². The minimum absolute atomic E-state index is 0.152. The van der Waals surface area contributed by atoms with Crippen LogP contribution in [0.3, 0.4) is 0 Å². The summed E-state index contributed by atoms with van der Waals surface area (Å²) in [6, 6.07) is 11.6. The molecular formula is C19H15F3N4O. The third kappa shape index (κ3) is 4.81. The van der Waals surface area contributed by atoms with Crippen LogP contribution in [0.5, 0.6) is 0 Å². The number of nitrogens with one attached hydrogen (secondary N) is 2. The van der Waals surface area contributed by atoms with Gasteiger partial charge in [0.05, 0.1) is 16.8 Å². The predicted octanol–water partition coefficient (Wildman–Crippen LogP) is 4.36. The summed E-state index contributed by atoms with van der Waals surface area (Å²) in [6.07, 6.45) is 0.137. The largest absolute Gasteiger partial charge is 0.418 e. The monoisotopic (exact) mass is 372 g/mol. The van der Waals surface area contributed by atoms with Gasteiger partial charge in [-0.25, -0.2) is 4.98 Å². The summed E-state index contributed by atoms with van der Waals surface area (Å²) in [6.45, 7) is 0.505. The Morgan fingerprint density at radius 2 is 1.81 bits per heavy atom. The van der Waals surface area contributed by atoms with E-state index in [0.29, 0.717) is 12.4 Å². The summed E-state index contributed by atoms with van der Waals surface area (Å²) in [7, 11) is 0. The van der Waals surface area contributed by atoms with Gasteiger partial charge in [0.15, 0.2) is 0 Å². The molecule has 3 aromatic rings. The number of benzene rings is 1. The summed E-state index contributed by atoms with van der Waals surface area (Å²) in [4.78, 5) is 20.4. The van der Waals surface area contributed by atoms with Crippen molar-refractivity contribution in [2.24, 2.45) is 0 Å². The molecule has 2 aromatic heterocycles. The molecule has 0 aliphatic rings. The van der Waals surface area contributed by atoms with E-state index in [-0.39, 0.29) is 11.3 Å². The van der Waals surface area contributed by atoms with Crippen LogP contribution in [-0.2, 0) is 12.7 Å². The SMILES string of the molecule is O=C(Nc1ccccc1C(F)(F)F)c1ccc(NCc2cccnc2)nc1. The Morgan fingerprint density at radius 1 is 1.00 bits per heavy atom. The van der Waals surface area contributed by atoms with E-state index in [9.17, 15) is 18.0 Å². The summed E-state index contributed by atoms with van der Waals surface area (Å²) in [5.74, 6) is -0.135. The van der Waals surface area contributed by atoms with Gasteiger partial charge in [0.2, 0.25) is 0 Å². The number of anilines is 2. The van der Waals surface area contributed by atoms with Crippen LogP contribution in [0, 0.1) is 0 Å². The van der Waals surface area contributed by atoms with Gasteiger partial charge in [-0.15, -0.1) is 0 Å². The molecule has 0 aliphatic carbocycles. The van der Waals surface area contributed by atoms with Crippen LogP contribution in [0.25, 0.3) is 0 Å². The number of para-hydroxylation sites is 1. The van der Waals surface area contributed by atoms with E-state index in [1.54, 1.807) is 18.5 Å². The van der Waals surface area contributed by atoms with E-state index in [1.165, 1.54) is 30.5 Å². The Bertz CT molecular complexity index is 912. The minimum Gasteiger partial charge on any atom is -0.366 e. The number of hydrogen-bond donors (Lipinski definition) is 2. The summed E-state index contributed by atoms with van der Waals surface area (Å²) >= 11 is 0. The van der Waals surface area contributed by atoms with Crippen LogP contribution in [0.1, 0.15) is 21.5 Å². The fourth-order valence-electron chi connectivity index (χ4n) is 2.36. The van der Waals surface area contributed by atoms with Gasteiger partial charge in [-0.2, -0.15) is 13.2 Å². The number of amides is 1. The average Bonchev–Trinajstić information content (AvgIpc) is 2.67. The first-order valence-corrected chi connectivity index (χ1v) is 8.00. The zero-order chi connectivity index (χ0) is 19.3. The maximum Gasteiger partial charge on any atom is 0.418 e. The zero-order valence-corrected chi connectivity index (χ0v) is 14.0. The van der Waals surface area contributed by atoms with Crippen molar-refractivity contribution in [2.45, 2.75) is 12.7 Å². The van der Waals surface area contributed by atoms with E-state index in [1.807, 2.05) is 12.1 Å². The molecule has 2 N–H and O–H groups in total. The molecule has 5 nitrogen and oxygen atoms in total. The number of hydrogen-bond acceptors (Lipinski definition) is 4. The number of aromatic nitrogens is 2. The van der Waals surface area contributed by atoms with Crippen molar-refractivity contribution in [3.05, 3.63) is 83.8 Å². The van der Waals surface area contributed by atoms with E-state index < -0.39 is 17.6 Å². The number of halogens is 3. The molecule has 3 rings (SSSR count). The summed E-state index contributed by atoms with van der Waals surface area (Å²) in [5.41, 5.74) is -0.0846. The minimum atomic E-state index is -4.55. The highest BCUT2D eigenvalue weighted by Crippen LogP contribution is 2.34. The highest BCUT2D eigenvalue weighted by molar-refractivity contribution is 6.04. The molecule has 0 atom stereocenters. The number of carbonyl (C=O) groups is 1. The fraction of sp³-hybridized carbons (Fsp3) is 0.105. The number of nitrogens with zero attached hydrogens (tertiary/aromatic N) is 2. The standard InChI is InChI=1S/C19H15F3N4O/c20-19(21,22)15-5-1-2-6-16(15)26-18(27)14-7-8-17(25-12-14)24-11-13-4-3-9-23-10-13/h1-10,12H,11H2,(H,24,25)(H,26,27). The molecule has 0 saturated carbocycles. The third-order valence-corrected chi connectivity index (χ3v) is 3.70. The zero-order valence-electron chi connectivity index (χ0n) is 14.0. The second-order valence-electron chi connectivity index (χ2n) is 5.64. The van der Waals surface area contributed by atoms with Gasteiger partial charge in [0.1, 0.15) is 5.82 Å². The van der Waals surface area contributed by atoms with Gasteiger partial charge in [-0.1, -0.05) is 18.2 Å². The summed E-state index contributed by atoms with van der Waals surface area (Å²) < 4.78 is 39.0. The molecule has 2 heterocycles. The van der Waals surface area contributed by atoms with Crippen molar-refractivity contribution >= 4 is 17.4 Å². The molecule has 1 aromatic carbocycles. The van der Waals surface area contributed by atoms with Crippen molar-refractivity contribution in [1.82, 2.24) is 9.97 Å². The van der Waals surface area contributed by atoms with Crippen LogP contribution >= 0.6 is 0 Å². The molecule has 0 saturated heterocycles. The van der Waals surface area contributed by atoms with Crippen molar-refractivity contribution in [2.75, 3.05) is 10.6 Å². The number of alkyl halides is 3. The maximum atomic E-state index is 13.0. The topological polar surface area (TPSA) is 66.9 Å². The molecule has 0 aliphatic heterocycles. The number of pyridine rings is 2. The van der Waals surface area contributed by atoms with E-state index in [4.69, 9.17) is 0 Å². The molecule has 0 radical (unpaired) electrons. The number of rotatable bonds is 5. The molecule has 0 bridgehead atoms. The molecule has 27 heavy (non-hydrogen) atoms. The second-order valence-corrected chi connectivity index (χ2v) is 5.64. The molecule has 8 heteroatoms. The quantitative estimate of drug-likeness (QED) is 0.698.